The number of halogens is 2. The molecular weight excluding hydrogens is 257 g/mol. The van der Waals surface area contributed by atoms with Crippen molar-refractivity contribution in [3.05, 3.63) is 46.9 Å². The maximum atomic E-state index is 13.0. The number of hydrogen-bond donors (Lipinski definition) is 1. The van der Waals surface area contributed by atoms with Crippen molar-refractivity contribution in [1.29, 1.82) is 0 Å². The fourth-order valence-electron chi connectivity index (χ4n) is 1.35. The number of aromatic nitrogens is 2. The molecule has 0 bridgehead atoms. The lowest BCUT2D eigenvalue weighted by molar-refractivity contribution is 0.449. The van der Waals surface area contributed by atoms with Gasteiger partial charge in [0.15, 0.2) is 5.75 Å². The molecule has 0 atom stereocenters. The van der Waals surface area contributed by atoms with Gasteiger partial charge in [-0.1, -0.05) is 11.6 Å². The summed E-state index contributed by atoms with van der Waals surface area (Å²) in [7, 11) is 1.82. The summed E-state index contributed by atoms with van der Waals surface area (Å²) in [6.45, 7) is 0.619. The van der Waals surface area contributed by atoms with E-state index in [1.807, 2.05) is 7.05 Å². The van der Waals surface area contributed by atoms with Crippen molar-refractivity contribution in [1.82, 2.24) is 15.5 Å². The summed E-state index contributed by atoms with van der Waals surface area (Å²) in [5, 5.41) is 11.1. The van der Waals surface area contributed by atoms with Crippen LogP contribution in [0.2, 0.25) is 5.02 Å². The average molecular weight is 268 g/mol. The molecule has 0 aliphatic carbocycles. The molecular formula is C12H11ClFN3O. The summed E-state index contributed by atoms with van der Waals surface area (Å²) in [5.74, 6) is 0.0591. The van der Waals surface area contributed by atoms with Crippen molar-refractivity contribution in [2.75, 3.05) is 7.05 Å². The first kappa shape index (κ1) is 12.7. The Labute approximate surface area is 109 Å². The van der Waals surface area contributed by atoms with Crippen LogP contribution >= 0.6 is 11.6 Å². The second-order valence-corrected chi connectivity index (χ2v) is 3.98. The highest BCUT2D eigenvalue weighted by Crippen LogP contribution is 2.28. The topological polar surface area (TPSA) is 47.0 Å². The lowest BCUT2D eigenvalue weighted by Crippen LogP contribution is -2.07. The van der Waals surface area contributed by atoms with Gasteiger partial charge in [0.25, 0.3) is 0 Å². The van der Waals surface area contributed by atoms with E-state index in [1.54, 1.807) is 12.1 Å². The zero-order valence-corrected chi connectivity index (χ0v) is 10.4. The van der Waals surface area contributed by atoms with Crippen LogP contribution in [0.4, 0.5) is 4.39 Å². The Bertz CT molecular complexity index is 533. The quantitative estimate of drug-likeness (QED) is 0.925. The molecule has 0 spiro atoms. The Morgan fingerprint density at radius 1 is 1.28 bits per heavy atom. The second kappa shape index (κ2) is 5.75. The van der Waals surface area contributed by atoms with Gasteiger partial charge in [0.1, 0.15) is 5.82 Å². The Morgan fingerprint density at radius 2 is 2.11 bits per heavy atom. The first-order chi connectivity index (χ1) is 8.69. The number of rotatable bonds is 4. The molecule has 2 rings (SSSR count). The van der Waals surface area contributed by atoms with E-state index < -0.39 is 5.82 Å². The summed E-state index contributed by atoms with van der Waals surface area (Å²) in [6, 6.07) is 7.31. The van der Waals surface area contributed by atoms with E-state index in [9.17, 15) is 4.39 Å². The molecule has 1 aromatic heterocycles. The molecule has 6 heteroatoms. The molecule has 18 heavy (non-hydrogen) atoms. The molecule has 1 N–H and O–H groups in total. The third kappa shape index (κ3) is 3.15. The normalized spacial score (nSPS) is 10.4. The highest BCUT2D eigenvalue weighted by Gasteiger charge is 2.06. The van der Waals surface area contributed by atoms with Crippen LogP contribution in [0.5, 0.6) is 11.6 Å². The van der Waals surface area contributed by atoms with Crippen LogP contribution in [0.1, 0.15) is 5.69 Å². The van der Waals surface area contributed by atoms with Gasteiger partial charge in [-0.2, -0.15) is 5.10 Å². The van der Waals surface area contributed by atoms with Crippen LogP contribution in [0, 0.1) is 5.82 Å². The molecule has 0 amide bonds. The smallest absolute Gasteiger partial charge is 0.238 e. The van der Waals surface area contributed by atoms with E-state index in [0.717, 1.165) is 5.69 Å². The largest absolute Gasteiger partial charge is 0.436 e. The third-order valence-corrected chi connectivity index (χ3v) is 2.47. The van der Waals surface area contributed by atoms with Gasteiger partial charge < -0.3 is 10.1 Å². The van der Waals surface area contributed by atoms with Gasteiger partial charge in [-0.05, 0) is 25.2 Å². The predicted molar refractivity (Wildman–Crippen MR) is 66.3 cm³/mol. The van der Waals surface area contributed by atoms with Crippen molar-refractivity contribution in [3.63, 3.8) is 0 Å². The average Bonchev–Trinajstić information content (AvgIpc) is 2.37. The standard InChI is InChI=1S/C12H11ClFN3O/c1-15-7-9-3-5-12(17-16-9)18-11-6-8(14)2-4-10(11)13/h2-6,15H,7H2,1H3. The number of nitrogens with one attached hydrogen (secondary N) is 1. The van der Waals surface area contributed by atoms with Gasteiger partial charge in [-0.25, -0.2) is 4.39 Å². The Morgan fingerprint density at radius 3 is 2.78 bits per heavy atom. The van der Waals surface area contributed by atoms with Gasteiger partial charge in [-0.15, -0.1) is 5.10 Å². The van der Waals surface area contributed by atoms with Gasteiger partial charge >= 0.3 is 0 Å². The van der Waals surface area contributed by atoms with Gasteiger partial charge in [0, 0.05) is 18.7 Å². The van der Waals surface area contributed by atoms with Crippen LogP contribution in [0.25, 0.3) is 0 Å². The summed E-state index contributed by atoms with van der Waals surface area (Å²) in [4.78, 5) is 0. The number of nitrogens with zero attached hydrogens (tertiary/aromatic N) is 2. The molecule has 0 aliphatic rings. The highest BCUT2D eigenvalue weighted by atomic mass is 35.5. The van der Waals surface area contributed by atoms with Gasteiger partial charge in [0.2, 0.25) is 5.88 Å². The second-order valence-electron chi connectivity index (χ2n) is 3.57. The molecule has 0 unspecified atom stereocenters. The van der Waals surface area contributed by atoms with E-state index in [1.165, 1.54) is 18.2 Å². The van der Waals surface area contributed by atoms with Crippen molar-refractivity contribution in [3.8, 4) is 11.6 Å². The fourth-order valence-corrected chi connectivity index (χ4v) is 1.50. The van der Waals surface area contributed by atoms with Crippen LogP contribution in [0.3, 0.4) is 0 Å². The lowest BCUT2D eigenvalue weighted by atomic mass is 10.3. The number of benzene rings is 1. The zero-order valence-electron chi connectivity index (χ0n) is 9.65. The van der Waals surface area contributed by atoms with Crippen molar-refractivity contribution < 1.29 is 9.13 Å². The maximum Gasteiger partial charge on any atom is 0.238 e. The molecule has 0 fully saturated rings. The molecule has 0 saturated carbocycles. The highest BCUT2D eigenvalue weighted by molar-refractivity contribution is 6.32. The van der Waals surface area contributed by atoms with Gasteiger partial charge in [-0.3, -0.25) is 0 Å². The Balaban J connectivity index is 2.15. The van der Waals surface area contributed by atoms with Crippen molar-refractivity contribution in [2.24, 2.45) is 0 Å². The summed E-state index contributed by atoms with van der Waals surface area (Å²) < 4.78 is 18.4. The minimum atomic E-state index is -0.422. The summed E-state index contributed by atoms with van der Waals surface area (Å²) in [5.41, 5.74) is 0.787. The molecule has 0 saturated heterocycles. The van der Waals surface area contributed by atoms with Crippen molar-refractivity contribution >= 4 is 11.6 Å². The molecule has 0 radical (unpaired) electrons. The zero-order chi connectivity index (χ0) is 13.0. The van der Waals surface area contributed by atoms with Crippen molar-refractivity contribution in [2.45, 2.75) is 6.54 Å². The predicted octanol–water partition coefficient (Wildman–Crippen LogP) is 2.78. The van der Waals surface area contributed by atoms with E-state index in [4.69, 9.17) is 16.3 Å². The molecule has 4 nitrogen and oxygen atoms in total. The minimum absolute atomic E-state index is 0.215. The van der Waals surface area contributed by atoms with E-state index in [0.29, 0.717) is 11.6 Å². The number of ether oxygens (including phenoxy) is 1. The third-order valence-electron chi connectivity index (χ3n) is 2.16. The Hall–Kier alpha value is -1.72. The lowest BCUT2D eigenvalue weighted by Gasteiger charge is -2.06. The van der Waals surface area contributed by atoms with Crippen LogP contribution < -0.4 is 10.1 Å². The SMILES string of the molecule is CNCc1ccc(Oc2cc(F)ccc2Cl)nn1. The Kier molecular flexibility index (Phi) is 4.07. The number of hydrogen-bond acceptors (Lipinski definition) is 4. The first-order valence-electron chi connectivity index (χ1n) is 5.29. The summed E-state index contributed by atoms with van der Waals surface area (Å²) in [6.07, 6.45) is 0. The first-order valence-corrected chi connectivity index (χ1v) is 5.67. The van der Waals surface area contributed by atoms with Crippen LogP contribution in [-0.4, -0.2) is 17.2 Å². The van der Waals surface area contributed by atoms with Crippen LogP contribution in [-0.2, 0) is 6.54 Å². The molecule has 1 heterocycles. The van der Waals surface area contributed by atoms with E-state index in [2.05, 4.69) is 15.5 Å². The van der Waals surface area contributed by atoms with Crippen LogP contribution in [0.15, 0.2) is 30.3 Å². The molecule has 1 aromatic carbocycles. The molecule has 2 aromatic rings. The fraction of sp³-hybridized carbons (Fsp3) is 0.167. The summed E-state index contributed by atoms with van der Waals surface area (Å²) >= 11 is 5.88. The molecule has 94 valence electrons. The van der Waals surface area contributed by atoms with E-state index in [-0.39, 0.29) is 11.6 Å². The van der Waals surface area contributed by atoms with Gasteiger partial charge in [0.05, 0.1) is 10.7 Å². The minimum Gasteiger partial charge on any atom is -0.436 e. The maximum absolute atomic E-state index is 13.0. The van der Waals surface area contributed by atoms with E-state index >= 15 is 0 Å². The monoisotopic (exact) mass is 267 g/mol. The molecule has 0 aliphatic heterocycles.